The lowest BCUT2D eigenvalue weighted by Crippen LogP contribution is -2.46. The molecule has 8 heteroatoms. The quantitative estimate of drug-likeness (QED) is 0.154. The zero-order chi connectivity index (χ0) is 33.8. The van der Waals surface area contributed by atoms with Crippen LogP contribution in [0.5, 0.6) is 5.75 Å². The summed E-state index contributed by atoms with van der Waals surface area (Å²) >= 11 is 6.46. The summed E-state index contributed by atoms with van der Waals surface area (Å²) in [5.74, 6) is 0.431. The van der Waals surface area contributed by atoms with Gasteiger partial charge in [-0.2, -0.15) is 0 Å². The minimum absolute atomic E-state index is 0.0296. The number of carbonyl (C=O) groups is 2. The number of halogens is 1. The number of rotatable bonds is 9. The molecule has 0 radical (unpaired) electrons. The number of amides is 1. The highest BCUT2D eigenvalue weighted by Crippen LogP contribution is 2.38. The highest BCUT2D eigenvalue weighted by molar-refractivity contribution is 6.30. The fourth-order valence-corrected chi connectivity index (χ4v) is 6.63. The molecule has 1 aliphatic heterocycles. The van der Waals surface area contributed by atoms with Gasteiger partial charge in [0.1, 0.15) is 11.4 Å². The predicted octanol–water partition coefficient (Wildman–Crippen LogP) is 9.40. The lowest BCUT2D eigenvalue weighted by molar-refractivity contribution is 0.0497. The van der Waals surface area contributed by atoms with Crippen LogP contribution >= 0.6 is 11.6 Å². The number of fused-ring (bicyclic) bond motifs is 1. The monoisotopic (exact) mass is 663 g/mol. The fourth-order valence-electron chi connectivity index (χ4n) is 6.44. The topological polar surface area (TPSA) is 83.7 Å². The number of aromatic nitrogens is 1. The number of anilines is 1. The van der Waals surface area contributed by atoms with Gasteiger partial charge in [0.25, 0.3) is 0 Å². The number of carbonyl (C=O) groups excluding carboxylic acids is 2. The molecular weight excluding hydrogens is 622 g/mol. The lowest BCUT2D eigenvalue weighted by Gasteiger charge is -2.34. The zero-order valence-electron chi connectivity index (χ0n) is 27.9. The van der Waals surface area contributed by atoms with E-state index in [0.717, 1.165) is 64.9 Å². The van der Waals surface area contributed by atoms with Gasteiger partial charge in [-0.05, 0) is 98.7 Å². The number of methoxy groups -OCH3 is 1. The van der Waals surface area contributed by atoms with Crippen LogP contribution in [0.4, 0.5) is 10.5 Å². The summed E-state index contributed by atoms with van der Waals surface area (Å²) in [5, 5.41) is 4.68. The Balaban J connectivity index is 1.16. The van der Waals surface area contributed by atoms with Gasteiger partial charge < -0.3 is 24.7 Å². The average Bonchev–Trinajstić information content (AvgIpc) is 3.51. The van der Waals surface area contributed by atoms with E-state index in [0.29, 0.717) is 16.3 Å². The molecule has 1 saturated heterocycles. The third-order valence-corrected chi connectivity index (χ3v) is 9.08. The number of Topliss-reactive ketones (excluding diaryl/α,β-unsaturated/α-hetero) is 1. The maximum absolute atomic E-state index is 14.0. The summed E-state index contributed by atoms with van der Waals surface area (Å²) in [7, 11) is 1.64. The number of alkyl carbamates (subject to hydrolysis) is 1. The Hall–Kier alpha value is -4.75. The summed E-state index contributed by atoms with van der Waals surface area (Å²) in [6.07, 6.45) is 1.59. The van der Waals surface area contributed by atoms with Gasteiger partial charge in [0, 0.05) is 64.5 Å². The largest absolute Gasteiger partial charge is 0.496 e. The van der Waals surface area contributed by atoms with E-state index in [2.05, 4.69) is 51.6 Å². The van der Waals surface area contributed by atoms with Gasteiger partial charge in [-0.25, -0.2) is 4.79 Å². The van der Waals surface area contributed by atoms with Gasteiger partial charge in [-0.3, -0.25) is 4.79 Å². The van der Waals surface area contributed by atoms with E-state index < -0.39 is 5.60 Å². The van der Waals surface area contributed by atoms with Gasteiger partial charge >= 0.3 is 6.09 Å². The normalized spacial score (nSPS) is 14.5. The number of nitrogens with zero attached hydrogens (tertiary/aromatic N) is 1. The second-order valence-corrected chi connectivity index (χ2v) is 13.8. The maximum atomic E-state index is 14.0. The molecule has 1 aliphatic rings. The standard InChI is InChI=1S/C40H42ClN3O4/c1-40(2,3)48-39(46)42-31-18-20-44(21-19-31)32-15-12-26(13-16-32)27-9-7-10-29(22-27)37(45)25-33(34-24-30(41)14-17-38(34)47-4)36-23-28-8-5-6-11-35(28)43-36/h5-17,22-24,31,33,43H,18-21,25H2,1-4H3,(H,42,46)/t33-/m1/s1. The molecule has 0 unspecified atom stereocenters. The van der Waals surface area contributed by atoms with Crippen LogP contribution in [0.25, 0.3) is 22.0 Å². The number of H-pyrrole nitrogens is 1. The van der Waals surface area contributed by atoms with Crippen LogP contribution in [0, 0.1) is 0 Å². The summed E-state index contributed by atoms with van der Waals surface area (Å²) in [4.78, 5) is 32.0. The first-order valence-electron chi connectivity index (χ1n) is 16.5. The molecule has 0 bridgehead atoms. The molecule has 5 aromatic rings. The number of hydrogen-bond donors (Lipinski definition) is 2. The van der Waals surface area contributed by atoms with Crippen molar-refractivity contribution < 1.29 is 19.1 Å². The number of ketones is 1. The van der Waals surface area contributed by atoms with E-state index >= 15 is 0 Å². The molecule has 1 amide bonds. The van der Waals surface area contributed by atoms with Crippen molar-refractivity contribution in [3.63, 3.8) is 0 Å². The highest BCUT2D eigenvalue weighted by atomic mass is 35.5. The molecule has 48 heavy (non-hydrogen) atoms. The SMILES string of the molecule is COc1ccc(Cl)cc1[C@@H](CC(=O)c1cccc(-c2ccc(N3CCC(NC(=O)OC(C)(C)C)CC3)cc2)c1)c1cc2ccccc2[nH]1. The first-order chi connectivity index (χ1) is 23.1. The molecular formula is C40H42ClN3O4. The molecule has 6 rings (SSSR count). The third-order valence-electron chi connectivity index (χ3n) is 8.85. The molecule has 7 nitrogen and oxygen atoms in total. The highest BCUT2D eigenvalue weighted by Gasteiger charge is 2.26. The van der Waals surface area contributed by atoms with Crippen LogP contribution in [0.1, 0.15) is 67.6 Å². The Morgan fingerprint density at radius 1 is 0.917 bits per heavy atom. The maximum Gasteiger partial charge on any atom is 0.407 e. The van der Waals surface area contributed by atoms with E-state index in [1.807, 2.05) is 75.4 Å². The van der Waals surface area contributed by atoms with E-state index in [1.54, 1.807) is 13.2 Å². The van der Waals surface area contributed by atoms with Crippen molar-refractivity contribution in [2.75, 3.05) is 25.1 Å². The van der Waals surface area contributed by atoms with Gasteiger partial charge in [-0.15, -0.1) is 0 Å². The Morgan fingerprint density at radius 2 is 1.67 bits per heavy atom. The molecule has 4 aromatic carbocycles. The van der Waals surface area contributed by atoms with Crippen LogP contribution in [0.15, 0.2) is 97.1 Å². The first-order valence-corrected chi connectivity index (χ1v) is 16.8. The Bertz CT molecular complexity index is 1870. The number of aromatic amines is 1. The number of piperidine rings is 1. The van der Waals surface area contributed by atoms with Gasteiger partial charge in [0.2, 0.25) is 0 Å². The van der Waals surface area contributed by atoms with E-state index in [9.17, 15) is 9.59 Å². The van der Waals surface area contributed by atoms with Crippen molar-refractivity contribution >= 4 is 40.1 Å². The lowest BCUT2D eigenvalue weighted by atomic mass is 9.87. The smallest absolute Gasteiger partial charge is 0.407 e. The summed E-state index contributed by atoms with van der Waals surface area (Å²) in [6.45, 7) is 7.30. The molecule has 1 atom stereocenters. The molecule has 0 spiro atoms. The summed E-state index contributed by atoms with van der Waals surface area (Å²) < 4.78 is 11.1. The number of nitrogens with one attached hydrogen (secondary N) is 2. The fraction of sp³-hybridized carbons (Fsp3) is 0.300. The molecule has 2 heterocycles. The number of benzene rings is 4. The van der Waals surface area contributed by atoms with Crippen molar-refractivity contribution in [3.05, 3.63) is 119 Å². The van der Waals surface area contributed by atoms with Crippen molar-refractivity contribution in [2.45, 2.75) is 57.6 Å². The summed E-state index contributed by atoms with van der Waals surface area (Å²) in [5.41, 5.74) is 6.11. The second kappa shape index (κ2) is 14.2. The van der Waals surface area contributed by atoms with Gasteiger partial charge in [0.15, 0.2) is 5.78 Å². The average molecular weight is 664 g/mol. The van der Waals surface area contributed by atoms with Gasteiger partial charge in [-0.1, -0.05) is 60.1 Å². The van der Waals surface area contributed by atoms with Crippen molar-refractivity contribution in [1.29, 1.82) is 0 Å². The molecule has 0 aliphatic carbocycles. The summed E-state index contributed by atoms with van der Waals surface area (Å²) in [6, 6.07) is 32.1. The van der Waals surface area contributed by atoms with Crippen LogP contribution in [0.2, 0.25) is 5.02 Å². The molecule has 1 fully saturated rings. The zero-order valence-corrected chi connectivity index (χ0v) is 28.6. The van der Waals surface area contributed by atoms with Crippen molar-refractivity contribution in [3.8, 4) is 16.9 Å². The number of ether oxygens (including phenoxy) is 2. The number of hydrogen-bond acceptors (Lipinski definition) is 5. The van der Waals surface area contributed by atoms with E-state index in [-0.39, 0.29) is 30.3 Å². The van der Waals surface area contributed by atoms with Crippen LogP contribution in [-0.4, -0.2) is 48.7 Å². The van der Waals surface area contributed by atoms with Crippen molar-refractivity contribution in [2.24, 2.45) is 0 Å². The van der Waals surface area contributed by atoms with Crippen LogP contribution in [-0.2, 0) is 4.74 Å². The Kier molecular flexibility index (Phi) is 9.78. The third kappa shape index (κ3) is 7.85. The minimum Gasteiger partial charge on any atom is -0.496 e. The van der Waals surface area contributed by atoms with Crippen LogP contribution in [0.3, 0.4) is 0 Å². The molecule has 248 valence electrons. The molecule has 1 aromatic heterocycles. The van der Waals surface area contributed by atoms with E-state index in [1.165, 1.54) is 0 Å². The second-order valence-electron chi connectivity index (χ2n) is 13.4. The van der Waals surface area contributed by atoms with Gasteiger partial charge in [0.05, 0.1) is 7.11 Å². The Labute approximate surface area is 287 Å². The van der Waals surface area contributed by atoms with Crippen LogP contribution < -0.4 is 15.0 Å². The number of para-hydroxylation sites is 1. The minimum atomic E-state index is -0.509. The molecule has 2 N–H and O–H groups in total. The first kappa shape index (κ1) is 33.2. The van der Waals surface area contributed by atoms with E-state index in [4.69, 9.17) is 21.1 Å². The predicted molar refractivity (Wildman–Crippen MR) is 194 cm³/mol. The van der Waals surface area contributed by atoms with Crippen molar-refractivity contribution in [1.82, 2.24) is 10.3 Å². The Morgan fingerprint density at radius 3 is 2.38 bits per heavy atom. The molecule has 0 saturated carbocycles.